The number of hydrogen-bond donors (Lipinski definition) is 3. The molecule has 7 nitrogen and oxygen atoms in total. The molecule has 4 rings (SSSR count). The predicted molar refractivity (Wildman–Crippen MR) is 107 cm³/mol. The van der Waals surface area contributed by atoms with Gasteiger partial charge in [-0.15, -0.1) is 5.10 Å². The lowest BCUT2D eigenvalue weighted by molar-refractivity contribution is -0.139. The summed E-state index contributed by atoms with van der Waals surface area (Å²) in [6.45, 7) is 0. The third-order valence-corrected chi connectivity index (χ3v) is 5.04. The van der Waals surface area contributed by atoms with Crippen LogP contribution in [0.15, 0.2) is 64.9 Å². The second-order valence-corrected chi connectivity index (χ2v) is 6.64. The van der Waals surface area contributed by atoms with E-state index in [9.17, 15) is 9.90 Å². The fraction of sp³-hybridized carbons (Fsp3) is 0.143. The molecule has 1 unspecified atom stereocenters. The molecule has 0 fully saturated rings. The number of aromatic nitrogens is 1. The van der Waals surface area contributed by atoms with Crippen LogP contribution in [0.4, 0.5) is 0 Å². The molecule has 1 atom stereocenters. The zero-order valence-electron chi connectivity index (χ0n) is 15.0. The second-order valence-electron chi connectivity index (χ2n) is 6.64. The number of carboxylic acids is 1. The van der Waals surface area contributed by atoms with Crippen molar-refractivity contribution in [2.45, 2.75) is 18.9 Å². The van der Waals surface area contributed by atoms with E-state index in [0.717, 1.165) is 40.6 Å². The normalized spacial score (nSPS) is 14.6. The summed E-state index contributed by atoms with van der Waals surface area (Å²) in [5, 5.41) is 17.6. The quantitative estimate of drug-likeness (QED) is 0.272. The molecule has 0 saturated heterocycles. The van der Waals surface area contributed by atoms with E-state index in [-0.39, 0.29) is 5.84 Å². The molecule has 7 heteroatoms. The SMILES string of the molecule is N=NN=C(N)c1ccc2c(c1)c1c(n2C(C(=O)O)c2ccccc2)CCC=C1. The average Bonchev–Trinajstić information content (AvgIpc) is 3.03. The van der Waals surface area contributed by atoms with Gasteiger partial charge in [0.1, 0.15) is 0 Å². The molecule has 0 amide bonds. The van der Waals surface area contributed by atoms with Gasteiger partial charge in [-0.2, -0.15) is 5.53 Å². The van der Waals surface area contributed by atoms with Gasteiger partial charge in [-0.25, -0.2) is 4.79 Å². The first-order chi connectivity index (χ1) is 13.6. The van der Waals surface area contributed by atoms with Crippen molar-refractivity contribution in [2.75, 3.05) is 0 Å². The lowest BCUT2D eigenvalue weighted by Gasteiger charge is -2.21. The summed E-state index contributed by atoms with van der Waals surface area (Å²) in [5.74, 6) is -0.755. The van der Waals surface area contributed by atoms with Crippen molar-refractivity contribution in [1.29, 1.82) is 5.53 Å². The molecule has 0 spiro atoms. The highest BCUT2D eigenvalue weighted by atomic mass is 16.4. The first kappa shape index (κ1) is 17.7. The molecular formula is C21H19N5O2. The number of nitrogens with one attached hydrogen (secondary N) is 1. The van der Waals surface area contributed by atoms with Gasteiger partial charge in [0.15, 0.2) is 11.9 Å². The van der Waals surface area contributed by atoms with E-state index in [2.05, 4.69) is 16.4 Å². The molecule has 0 radical (unpaired) electrons. The minimum atomic E-state index is -0.904. The highest BCUT2D eigenvalue weighted by Gasteiger charge is 2.28. The average molecular weight is 373 g/mol. The van der Waals surface area contributed by atoms with Crippen LogP contribution < -0.4 is 5.73 Å². The number of nitrogens with two attached hydrogens (primary N) is 1. The molecule has 3 aromatic rings. The maximum atomic E-state index is 12.3. The van der Waals surface area contributed by atoms with Crippen molar-refractivity contribution in [2.24, 2.45) is 16.1 Å². The smallest absolute Gasteiger partial charge is 0.331 e. The number of carboxylic acid groups (broad SMARTS) is 1. The predicted octanol–water partition coefficient (Wildman–Crippen LogP) is 3.93. The molecule has 1 aliphatic carbocycles. The number of hydrogen-bond acceptors (Lipinski definition) is 3. The van der Waals surface area contributed by atoms with Gasteiger partial charge in [0.2, 0.25) is 0 Å². The van der Waals surface area contributed by atoms with Crippen LogP contribution >= 0.6 is 0 Å². The first-order valence-electron chi connectivity index (χ1n) is 8.93. The third-order valence-electron chi connectivity index (χ3n) is 5.04. The number of aliphatic carboxylic acids is 1. The number of fused-ring (bicyclic) bond motifs is 3. The lowest BCUT2D eigenvalue weighted by Crippen LogP contribution is -2.22. The van der Waals surface area contributed by atoms with Crippen molar-refractivity contribution < 1.29 is 9.90 Å². The van der Waals surface area contributed by atoms with Crippen LogP contribution in [0.25, 0.3) is 17.0 Å². The molecule has 28 heavy (non-hydrogen) atoms. The van der Waals surface area contributed by atoms with Gasteiger partial charge < -0.3 is 15.4 Å². The molecule has 1 aliphatic rings. The second kappa shape index (κ2) is 7.11. The van der Waals surface area contributed by atoms with E-state index in [1.165, 1.54) is 0 Å². The van der Waals surface area contributed by atoms with Gasteiger partial charge >= 0.3 is 5.97 Å². The molecule has 0 saturated carbocycles. The molecular weight excluding hydrogens is 354 g/mol. The van der Waals surface area contributed by atoms with Crippen LogP contribution in [-0.4, -0.2) is 21.5 Å². The number of amidine groups is 1. The zero-order valence-corrected chi connectivity index (χ0v) is 15.0. The Bertz CT molecular complexity index is 1130. The van der Waals surface area contributed by atoms with E-state index < -0.39 is 12.0 Å². The maximum absolute atomic E-state index is 12.3. The van der Waals surface area contributed by atoms with Gasteiger partial charge in [-0.05, 0) is 36.6 Å². The Labute approximate surface area is 161 Å². The van der Waals surface area contributed by atoms with Gasteiger partial charge in [0.25, 0.3) is 0 Å². The number of allylic oxidation sites excluding steroid dienone is 1. The van der Waals surface area contributed by atoms with Crippen LogP contribution in [0, 0.1) is 5.53 Å². The number of benzene rings is 2. The van der Waals surface area contributed by atoms with Crippen LogP contribution in [0.2, 0.25) is 0 Å². The Hall–Kier alpha value is -3.74. The summed E-state index contributed by atoms with van der Waals surface area (Å²) >= 11 is 0. The largest absolute Gasteiger partial charge is 0.479 e. The highest BCUT2D eigenvalue weighted by Crippen LogP contribution is 2.36. The Kier molecular flexibility index (Phi) is 4.49. The Morgan fingerprint density at radius 3 is 2.71 bits per heavy atom. The minimum Gasteiger partial charge on any atom is -0.479 e. The zero-order chi connectivity index (χ0) is 19.7. The van der Waals surface area contributed by atoms with E-state index in [0.29, 0.717) is 5.56 Å². The van der Waals surface area contributed by atoms with E-state index in [1.54, 1.807) is 6.07 Å². The molecule has 4 N–H and O–H groups in total. The van der Waals surface area contributed by atoms with E-state index >= 15 is 0 Å². The van der Waals surface area contributed by atoms with Crippen molar-refractivity contribution >= 4 is 28.8 Å². The standard InChI is InChI=1S/C21H19N5O2/c22-20(24-25-23)14-10-11-18-16(12-14)15-8-4-5-9-17(15)26(18)19(21(27)28)13-6-2-1-3-7-13/h1-4,6-8,10-12,19H,5,9H2,(H,27,28)(H3,22,23,24). The van der Waals surface area contributed by atoms with Crippen LogP contribution in [0.1, 0.15) is 34.8 Å². The van der Waals surface area contributed by atoms with Crippen LogP contribution in [0.3, 0.4) is 0 Å². The number of nitrogens with zero attached hydrogens (tertiary/aromatic N) is 3. The summed E-state index contributed by atoms with van der Waals surface area (Å²) < 4.78 is 1.91. The van der Waals surface area contributed by atoms with Crippen molar-refractivity contribution in [3.05, 3.63) is 77.0 Å². The fourth-order valence-corrected chi connectivity index (χ4v) is 3.86. The molecule has 1 heterocycles. The maximum Gasteiger partial charge on any atom is 0.331 e. The molecule has 0 aliphatic heterocycles. The molecule has 2 aromatic carbocycles. The van der Waals surface area contributed by atoms with Crippen LogP contribution in [-0.2, 0) is 11.2 Å². The third kappa shape index (κ3) is 2.87. The van der Waals surface area contributed by atoms with Gasteiger partial charge in [0, 0.05) is 27.7 Å². The highest BCUT2D eigenvalue weighted by molar-refractivity contribution is 6.03. The fourth-order valence-electron chi connectivity index (χ4n) is 3.86. The van der Waals surface area contributed by atoms with E-state index in [4.69, 9.17) is 11.3 Å². The van der Waals surface area contributed by atoms with E-state index in [1.807, 2.05) is 53.1 Å². The Morgan fingerprint density at radius 2 is 2.00 bits per heavy atom. The molecule has 1 aromatic heterocycles. The Balaban J connectivity index is 2.01. The monoisotopic (exact) mass is 373 g/mol. The van der Waals surface area contributed by atoms with Gasteiger partial charge in [0.05, 0.1) is 0 Å². The minimum absolute atomic E-state index is 0.149. The first-order valence-corrected chi connectivity index (χ1v) is 8.93. The summed E-state index contributed by atoms with van der Waals surface area (Å²) in [5.41, 5.74) is 17.0. The van der Waals surface area contributed by atoms with Crippen molar-refractivity contribution in [3.63, 3.8) is 0 Å². The van der Waals surface area contributed by atoms with Crippen molar-refractivity contribution in [1.82, 2.24) is 4.57 Å². The number of carbonyl (C=O) groups is 1. The van der Waals surface area contributed by atoms with Crippen molar-refractivity contribution in [3.8, 4) is 0 Å². The Morgan fingerprint density at radius 1 is 1.21 bits per heavy atom. The molecule has 0 bridgehead atoms. The summed E-state index contributed by atoms with van der Waals surface area (Å²) in [6, 6.07) is 14.0. The lowest BCUT2D eigenvalue weighted by atomic mass is 10.0. The van der Waals surface area contributed by atoms with Gasteiger partial charge in [-0.1, -0.05) is 47.7 Å². The summed E-state index contributed by atoms with van der Waals surface area (Å²) in [7, 11) is 0. The number of rotatable bonds is 5. The topological polar surface area (TPSA) is 117 Å². The van der Waals surface area contributed by atoms with Crippen LogP contribution in [0.5, 0.6) is 0 Å². The molecule has 140 valence electrons. The summed E-state index contributed by atoms with van der Waals surface area (Å²) in [4.78, 5) is 12.3. The summed E-state index contributed by atoms with van der Waals surface area (Å²) in [6.07, 6.45) is 5.75. The van der Waals surface area contributed by atoms with Gasteiger partial charge in [-0.3, -0.25) is 0 Å².